The highest BCUT2D eigenvalue weighted by atomic mass is 16.5. The molecule has 8 heteroatoms. The van der Waals surface area contributed by atoms with Gasteiger partial charge in [-0.15, -0.1) is 0 Å². The van der Waals surface area contributed by atoms with Crippen molar-refractivity contribution in [2.45, 2.75) is 25.4 Å². The maximum Gasteiger partial charge on any atom is 0.234 e. The molecule has 0 fully saturated rings. The molecule has 3 rings (SSSR count). The number of hydrogen-bond donors (Lipinski definition) is 2. The van der Waals surface area contributed by atoms with Crippen LogP contribution in [0.2, 0.25) is 0 Å². The Kier molecular flexibility index (Phi) is 8.35. The van der Waals surface area contributed by atoms with Gasteiger partial charge in [0.15, 0.2) is 0 Å². The van der Waals surface area contributed by atoms with E-state index in [0.29, 0.717) is 37.7 Å². The third-order valence-electron chi connectivity index (χ3n) is 5.07. The molecule has 2 N–H and O–H groups in total. The van der Waals surface area contributed by atoms with Crippen molar-refractivity contribution in [2.75, 3.05) is 33.8 Å². The van der Waals surface area contributed by atoms with Crippen LogP contribution in [-0.4, -0.2) is 59.7 Å². The Bertz CT molecular complexity index is 973. The summed E-state index contributed by atoms with van der Waals surface area (Å²) in [5.41, 5.74) is 2.35. The summed E-state index contributed by atoms with van der Waals surface area (Å²) < 4.78 is 11.3. The molecule has 170 valence electrons. The highest BCUT2D eigenvalue weighted by molar-refractivity contribution is 5.82. The van der Waals surface area contributed by atoms with E-state index in [1.54, 1.807) is 43.7 Å². The predicted octanol–water partition coefficient (Wildman–Crippen LogP) is 3.02. The number of nitrogens with one attached hydrogen (secondary N) is 1. The minimum absolute atomic E-state index is 0.0220. The molecule has 0 spiro atoms. The third-order valence-corrected chi connectivity index (χ3v) is 5.07. The zero-order valence-electron chi connectivity index (χ0n) is 18.7. The Morgan fingerprint density at radius 2 is 2.03 bits per heavy atom. The maximum atomic E-state index is 12.3. The Balaban J connectivity index is 1.47. The number of aliphatic hydroxyl groups is 1. The molecule has 0 saturated carbocycles. The number of hydrogen-bond acceptors (Lipinski definition) is 7. The molecule has 1 unspecified atom stereocenters. The summed E-state index contributed by atoms with van der Waals surface area (Å²) in [6, 6.07) is 11.2. The number of carbonyl (C=O) groups is 1. The standard InChI is InChI=1S/C24H30N4O4/c1-4-20(24(30)28(2)3)23-27-21(16-32-23)17-7-9-19(10-8-17)31-13-12-26-15-22(29)18-6-5-11-25-14-18/h5-11,14,16,20,22,26,29H,4,12-13,15H2,1-3H3/t20?,22-/m0/s1. The molecular weight excluding hydrogens is 408 g/mol. The lowest BCUT2D eigenvalue weighted by Gasteiger charge is -2.16. The minimum atomic E-state index is -0.601. The van der Waals surface area contributed by atoms with E-state index in [0.717, 1.165) is 16.9 Å². The average molecular weight is 439 g/mol. The molecule has 2 heterocycles. The maximum absolute atomic E-state index is 12.3. The first-order valence-electron chi connectivity index (χ1n) is 10.7. The van der Waals surface area contributed by atoms with Crippen LogP contribution in [0.1, 0.15) is 36.8 Å². The van der Waals surface area contributed by atoms with Gasteiger partial charge >= 0.3 is 0 Å². The Morgan fingerprint density at radius 1 is 1.25 bits per heavy atom. The first kappa shape index (κ1) is 23.4. The van der Waals surface area contributed by atoms with Crippen molar-refractivity contribution in [1.29, 1.82) is 0 Å². The van der Waals surface area contributed by atoms with Crippen LogP contribution in [0.15, 0.2) is 59.5 Å². The summed E-state index contributed by atoms with van der Waals surface area (Å²) in [5, 5.41) is 13.3. The Morgan fingerprint density at radius 3 is 2.69 bits per heavy atom. The van der Waals surface area contributed by atoms with E-state index in [1.165, 1.54) is 0 Å². The fourth-order valence-electron chi connectivity index (χ4n) is 3.24. The number of oxazole rings is 1. The molecule has 2 aromatic heterocycles. The van der Waals surface area contributed by atoms with Gasteiger partial charge < -0.3 is 24.5 Å². The molecule has 0 saturated heterocycles. The van der Waals surface area contributed by atoms with Crippen LogP contribution in [0, 0.1) is 0 Å². The van der Waals surface area contributed by atoms with Crippen LogP contribution < -0.4 is 10.1 Å². The van der Waals surface area contributed by atoms with Crippen molar-refractivity contribution in [1.82, 2.24) is 20.2 Å². The van der Waals surface area contributed by atoms with Gasteiger partial charge in [0.2, 0.25) is 11.8 Å². The van der Waals surface area contributed by atoms with E-state index in [1.807, 2.05) is 37.3 Å². The molecule has 0 radical (unpaired) electrons. The molecular formula is C24H30N4O4. The Hall–Kier alpha value is -3.23. The molecule has 2 atom stereocenters. The number of amides is 1. The fourth-order valence-corrected chi connectivity index (χ4v) is 3.24. The number of likely N-dealkylation sites (N-methyl/N-ethyl adjacent to an activating group) is 1. The summed E-state index contributed by atoms with van der Waals surface area (Å²) in [6.45, 7) is 3.44. The van der Waals surface area contributed by atoms with Gasteiger partial charge in [-0.3, -0.25) is 9.78 Å². The molecule has 0 aliphatic carbocycles. The zero-order valence-corrected chi connectivity index (χ0v) is 18.7. The summed E-state index contributed by atoms with van der Waals surface area (Å²) in [5.74, 6) is 0.763. The van der Waals surface area contributed by atoms with Crippen LogP contribution in [-0.2, 0) is 4.79 Å². The molecule has 1 aromatic carbocycles. The highest BCUT2D eigenvalue weighted by Crippen LogP contribution is 2.26. The van der Waals surface area contributed by atoms with E-state index in [9.17, 15) is 9.90 Å². The van der Waals surface area contributed by atoms with E-state index in [4.69, 9.17) is 9.15 Å². The van der Waals surface area contributed by atoms with Crippen molar-refractivity contribution in [3.05, 3.63) is 66.5 Å². The summed E-state index contributed by atoms with van der Waals surface area (Å²) in [7, 11) is 3.46. The van der Waals surface area contributed by atoms with Crippen molar-refractivity contribution in [2.24, 2.45) is 0 Å². The normalized spacial score (nSPS) is 12.9. The van der Waals surface area contributed by atoms with E-state index in [2.05, 4.69) is 15.3 Å². The number of rotatable bonds is 11. The number of pyridine rings is 1. The first-order valence-corrected chi connectivity index (χ1v) is 10.7. The van der Waals surface area contributed by atoms with Crippen LogP contribution >= 0.6 is 0 Å². The second-order valence-electron chi connectivity index (χ2n) is 7.64. The molecule has 0 aliphatic rings. The van der Waals surface area contributed by atoms with E-state index in [-0.39, 0.29) is 11.8 Å². The first-order chi connectivity index (χ1) is 15.5. The van der Waals surface area contributed by atoms with Gasteiger partial charge in [-0.25, -0.2) is 4.98 Å². The topological polar surface area (TPSA) is 101 Å². The molecule has 32 heavy (non-hydrogen) atoms. The number of ether oxygens (including phenoxy) is 1. The van der Waals surface area contributed by atoms with Crippen LogP contribution in [0.3, 0.4) is 0 Å². The number of carbonyl (C=O) groups excluding carboxylic acids is 1. The highest BCUT2D eigenvalue weighted by Gasteiger charge is 2.25. The van der Waals surface area contributed by atoms with Gasteiger partial charge in [-0.05, 0) is 36.8 Å². The minimum Gasteiger partial charge on any atom is -0.492 e. The van der Waals surface area contributed by atoms with Crippen molar-refractivity contribution in [3.63, 3.8) is 0 Å². The number of nitrogens with zero attached hydrogens (tertiary/aromatic N) is 3. The lowest BCUT2D eigenvalue weighted by Crippen LogP contribution is -2.28. The van der Waals surface area contributed by atoms with Crippen LogP contribution in [0.4, 0.5) is 0 Å². The molecule has 0 aliphatic heterocycles. The zero-order chi connectivity index (χ0) is 22.9. The lowest BCUT2D eigenvalue weighted by molar-refractivity contribution is -0.130. The van der Waals surface area contributed by atoms with E-state index >= 15 is 0 Å². The fraction of sp³-hybridized carbons (Fsp3) is 0.375. The van der Waals surface area contributed by atoms with Crippen molar-refractivity contribution in [3.8, 4) is 17.0 Å². The third kappa shape index (κ3) is 6.15. The van der Waals surface area contributed by atoms with Crippen molar-refractivity contribution < 1.29 is 19.1 Å². The second-order valence-corrected chi connectivity index (χ2v) is 7.64. The van der Waals surface area contributed by atoms with Crippen molar-refractivity contribution >= 4 is 5.91 Å². The number of aliphatic hydroxyl groups excluding tert-OH is 1. The SMILES string of the molecule is CCC(C(=O)N(C)C)c1nc(-c2ccc(OCCNC[C@H](O)c3cccnc3)cc2)co1. The summed E-state index contributed by atoms with van der Waals surface area (Å²) in [4.78, 5) is 22.4. The smallest absolute Gasteiger partial charge is 0.234 e. The lowest BCUT2D eigenvalue weighted by atomic mass is 10.1. The van der Waals surface area contributed by atoms with E-state index < -0.39 is 6.10 Å². The summed E-state index contributed by atoms with van der Waals surface area (Å²) in [6.07, 6.45) is 4.93. The molecule has 3 aromatic rings. The average Bonchev–Trinajstić information content (AvgIpc) is 3.30. The molecule has 1 amide bonds. The number of aromatic nitrogens is 2. The van der Waals surface area contributed by atoms with Gasteiger partial charge in [0.25, 0.3) is 0 Å². The van der Waals surface area contributed by atoms with Gasteiger partial charge in [0, 0.05) is 50.7 Å². The quantitative estimate of drug-likeness (QED) is 0.444. The van der Waals surface area contributed by atoms with Crippen LogP contribution in [0.25, 0.3) is 11.3 Å². The molecule has 8 nitrogen and oxygen atoms in total. The monoisotopic (exact) mass is 438 g/mol. The molecule has 0 bridgehead atoms. The Labute approximate surface area is 188 Å². The van der Waals surface area contributed by atoms with Crippen LogP contribution in [0.5, 0.6) is 5.75 Å². The largest absolute Gasteiger partial charge is 0.492 e. The predicted molar refractivity (Wildman–Crippen MR) is 121 cm³/mol. The van der Waals surface area contributed by atoms with Gasteiger partial charge in [-0.1, -0.05) is 13.0 Å². The number of benzene rings is 1. The second kappa shape index (κ2) is 11.4. The van der Waals surface area contributed by atoms with Gasteiger partial charge in [-0.2, -0.15) is 0 Å². The van der Waals surface area contributed by atoms with Gasteiger partial charge in [0.05, 0.1) is 6.10 Å². The summed E-state index contributed by atoms with van der Waals surface area (Å²) >= 11 is 0. The van der Waals surface area contributed by atoms with Gasteiger partial charge in [0.1, 0.15) is 30.2 Å².